The van der Waals surface area contributed by atoms with E-state index < -0.39 is 0 Å². The van der Waals surface area contributed by atoms with E-state index in [1.807, 2.05) is 54.6 Å². The number of rotatable bonds is 8. The third-order valence-electron chi connectivity index (χ3n) is 4.65. The number of carbonyl (C=O) groups is 1. The lowest BCUT2D eigenvalue weighted by atomic mass is 9.87. The monoisotopic (exact) mass is 416 g/mol. The van der Waals surface area contributed by atoms with Gasteiger partial charge in [0, 0.05) is 11.1 Å². The molecule has 0 heterocycles. The maximum Gasteiger partial charge on any atom is 0.271 e. The van der Waals surface area contributed by atoms with Crippen LogP contribution >= 0.6 is 0 Å². The molecule has 3 aromatic rings. The summed E-state index contributed by atoms with van der Waals surface area (Å²) in [5.41, 5.74) is 5.24. The Morgan fingerprint density at radius 1 is 0.871 bits per heavy atom. The molecule has 0 bridgehead atoms. The first kappa shape index (κ1) is 22.1. The van der Waals surface area contributed by atoms with Crippen molar-refractivity contribution in [3.8, 4) is 11.5 Å². The fraction of sp³-hybridized carbons (Fsp3) is 0.231. The molecule has 0 aliphatic carbocycles. The second-order valence-corrected chi connectivity index (χ2v) is 8.07. The molecule has 0 aromatic heterocycles. The van der Waals surface area contributed by atoms with Crippen LogP contribution in [0.4, 0.5) is 0 Å². The van der Waals surface area contributed by atoms with Gasteiger partial charge in [-0.3, -0.25) is 4.79 Å². The third-order valence-corrected chi connectivity index (χ3v) is 4.65. The van der Waals surface area contributed by atoms with Crippen LogP contribution in [0.3, 0.4) is 0 Å². The van der Waals surface area contributed by atoms with Crippen LogP contribution in [-0.4, -0.2) is 25.3 Å². The topological polar surface area (TPSA) is 59.9 Å². The van der Waals surface area contributed by atoms with Crippen molar-refractivity contribution in [2.24, 2.45) is 5.10 Å². The number of benzene rings is 3. The molecule has 0 radical (unpaired) electrons. The van der Waals surface area contributed by atoms with Crippen molar-refractivity contribution in [1.29, 1.82) is 0 Å². The molecule has 5 nitrogen and oxygen atoms in total. The molecule has 1 N–H and O–H groups in total. The lowest BCUT2D eigenvalue weighted by Gasteiger charge is -2.19. The van der Waals surface area contributed by atoms with Gasteiger partial charge < -0.3 is 9.47 Å². The first-order valence-corrected chi connectivity index (χ1v) is 10.3. The second kappa shape index (κ2) is 10.4. The zero-order valence-electron chi connectivity index (χ0n) is 18.2. The lowest BCUT2D eigenvalue weighted by Crippen LogP contribution is -2.17. The zero-order chi connectivity index (χ0) is 22.1. The minimum absolute atomic E-state index is 0.119. The SMILES string of the molecule is CC(C)(C)c1ccc(OCCOc2ccccc2C=NNC(=O)c2ccccc2)cc1. The Labute approximate surface area is 183 Å². The van der Waals surface area contributed by atoms with Crippen molar-refractivity contribution < 1.29 is 14.3 Å². The molecule has 0 unspecified atom stereocenters. The standard InChI is InChI=1S/C26H28N2O3/c1-26(2,3)22-13-15-23(16-14-22)30-17-18-31-24-12-8-7-11-21(24)19-27-28-25(29)20-9-5-4-6-10-20/h4-16,19H,17-18H2,1-3H3,(H,28,29). The molecular weight excluding hydrogens is 388 g/mol. The fourth-order valence-electron chi connectivity index (χ4n) is 2.90. The molecule has 0 saturated carbocycles. The van der Waals surface area contributed by atoms with E-state index in [1.54, 1.807) is 18.3 Å². The van der Waals surface area contributed by atoms with E-state index >= 15 is 0 Å². The minimum Gasteiger partial charge on any atom is -0.490 e. The van der Waals surface area contributed by atoms with Crippen molar-refractivity contribution in [3.05, 3.63) is 95.6 Å². The van der Waals surface area contributed by atoms with Gasteiger partial charge in [0.1, 0.15) is 24.7 Å². The number of hydrazone groups is 1. The normalized spacial score (nSPS) is 11.3. The number of carbonyl (C=O) groups excluding carboxylic acids is 1. The largest absolute Gasteiger partial charge is 0.490 e. The van der Waals surface area contributed by atoms with Gasteiger partial charge in [0.25, 0.3) is 5.91 Å². The van der Waals surface area contributed by atoms with Gasteiger partial charge in [0.2, 0.25) is 0 Å². The van der Waals surface area contributed by atoms with E-state index in [1.165, 1.54) is 5.56 Å². The molecule has 0 aliphatic rings. The van der Waals surface area contributed by atoms with Crippen LogP contribution in [0, 0.1) is 0 Å². The molecule has 0 fully saturated rings. The summed E-state index contributed by atoms with van der Waals surface area (Å²) in [5, 5.41) is 4.05. The molecule has 5 heteroatoms. The van der Waals surface area contributed by atoms with E-state index in [0.29, 0.717) is 24.5 Å². The summed E-state index contributed by atoms with van der Waals surface area (Å²) in [7, 11) is 0. The van der Waals surface area contributed by atoms with Crippen LogP contribution in [0.5, 0.6) is 11.5 Å². The highest BCUT2D eigenvalue weighted by Crippen LogP contribution is 2.24. The predicted molar refractivity (Wildman–Crippen MR) is 124 cm³/mol. The van der Waals surface area contributed by atoms with E-state index in [9.17, 15) is 4.79 Å². The molecular formula is C26H28N2O3. The maximum atomic E-state index is 12.1. The number of hydrogen-bond acceptors (Lipinski definition) is 4. The first-order valence-electron chi connectivity index (χ1n) is 10.3. The summed E-state index contributed by atoms with van der Waals surface area (Å²) in [6, 6.07) is 24.6. The Morgan fingerprint density at radius 3 is 2.23 bits per heavy atom. The van der Waals surface area contributed by atoms with Crippen LogP contribution in [0.15, 0.2) is 84.0 Å². The van der Waals surface area contributed by atoms with Crippen molar-refractivity contribution in [3.63, 3.8) is 0 Å². The van der Waals surface area contributed by atoms with Gasteiger partial charge in [-0.05, 0) is 47.4 Å². The maximum absolute atomic E-state index is 12.1. The molecule has 1 amide bonds. The lowest BCUT2D eigenvalue weighted by molar-refractivity contribution is 0.0955. The number of para-hydroxylation sites is 1. The van der Waals surface area contributed by atoms with Gasteiger partial charge in [0.15, 0.2) is 0 Å². The zero-order valence-corrected chi connectivity index (χ0v) is 18.2. The van der Waals surface area contributed by atoms with Crippen LogP contribution in [0.1, 0.15) is 42.3 Å². The average Bonchev–Trinajstić information content (AvgIpc) is 2.78. The Morgan fingerprint density at radius 2 is 1.52 bits per heavy atom. The number of amides is 1. The number of ether oxygens (including phenoxy) is 2. The highest BCUT2D eigenvalue weighted by atomic mass is 16.5. The Bertz CT molecular complexity index is 1010. The highest BCUT2D eigenvalue weighted by molar-refractivity contribution is 5.95. The van der Waals surface area contributed by atoms with Crippen LogP contribution in [-0.2, 0) is 5.41 Å². The van der Waals surface area contributed by atoms with Gasteiger partial charge in [-0.25, -0.2) is 5.43 Å². The number of nitrogens with zero attached hydrogens (tertiary/aromatic N) is 1. The minimum atomic E-state index is -0.263. The summed E-state index contributed by atoms with van der Waals surface area (Å²) in [6.07, 6.45) is 1.57. The highest BCUT2D eigenvalue weighted by Gasteiger charge is 2.13. The predicted octanol–water partition coefficient (Wildman–Crippen LogP) is 5.21. The fourth-order valence-corrected chi connectivity index (χ4v) is 2.90. The molecule has 160 valence electrons. The Hall–Kier alpha value is -3.60. The molecule has 0 saturated heterocycles. The summed E-state index contributed by atoms with van der Waals surface area (Å²) < 4.78 is 11.6. The number of nitrogens with one attached hydrogen (secondary N) is 1. The van der Waals surface area contributed by atoms with Gasteiger partial charge >= 0.3 is 0 Å². The summed E-state index contributed by atoms with van der Waals surface area (Å²) >= 11 is 0. The Kier molecular flexibility index (Phi) is 7.44. The summed E-state index contributed by atoms with van der Waals surface area (Å²) in [6.45, 7) is 7.37. The van der Waals surface area contributed by atoms with E-state index in [0.717, 1.165) is 11.3 Å². The molecule has 3 rings (SSSR count). The van der Waals surface area contributed by atoms with Crippen LogP contribution < -0.4 is 14.9 Å². The van der Waals surface area contributed by atoms with E-state index in [-0.39, 0.29) is 11.3 Å². The smallest absolute Gasteiger partial charge is 0.271 e. The first-order chi connectivity index (χ1) is 14.9. The van der Waals surface area contributed by atoms with Gasteiger partial charge in [-0.1, -0.05) is 63.2 Å². The van der Waals surface area contributed by atoms with E-state index in [2.05, 4.69) is 43.4 Å². The van der Waals surface area contributed by atoms with Crippen molar-refractivity contribution in [2.45, 2.75) is 26.2 Å². The third kappa shape index (κ3) is 6.71. The van der Waals surface area contributed by atoms with Crippen molar-refractivity contribution in [2.75, 3.05) is 13.2 Å². The molecule has 31 heavy (non-hydrogen) atoms. The van der Waals surface area contributed by atoms with Gasteiger partial charge in [-0.2, -0.15) is 5.10 Å². The summed E-state index contributed by atoms with van der Waals surface area (Å²) in [5.74, 6) is 1.23. The summed E-state index contributed by atoms with van der Waals surface area (Å²) in [4.78, 5) is 12.1. The van der Waals surface area contributed by atoms with Gasteiger partial charge in [0.05, 0.1) is 6.21 Å². The van der Waals surface area contributed by atoms with Crippen molar-refractivity contribution in [1.82, 2.24) is 5.43 Å². The molecule has 0 atom stereocenters. The average molecular weight is 417 g/mol. The van der Waals surface area contributed by atoms with Gasteiger partial charge in [-0.15, -0.1) is 0 Å². The van der Waals surface area contributed by atoms with E-state index in [4.69, 9.17) is 9.47 Å². The van der Waals surface area contributed by atoms with Crippen molar-refractivity contribution >= 4 is 12.1 Å². The Balaban J connectivity index is 1.49. The number of hydrogen-bond donors (Lipinski definition) is 1. The van der Waals surface area contributed by atoms with Crippen LogP contribution in [0.2, 0.25) is 0 Å². The molecule has 3 aromatic carbocycles. The molecule has 0 aliphatic heterocycles. The quantitative estimate of drug-likeness (QED) is 0.312. The molecule has 0 spiro atoms. The second-order valence-electron chi connectivity index (χ2n) is 8.07. The van der Waals surface area contributed by atoms with Crippen LogP contribution in [0.25, 0.3) is 0 Å².